The largest absolute Gasteiger partial charge is 0.481 e. The summed E-state index contributed by atoms with van der Waals surface area (Å²) in [5.74, 6) is -0.303. The first-order valence-electron chi connectivity index (χ1n) is 5.75. The van der Waals surface area contributed by atoms with Crippen molar-refractivity contribution in [2.75, 3.05) is 0 Å². The zero-order valence-electron chi connectivity index (χ0n) is 9.92. The molecule has 88 valence electrons. The molecule has 0 aliphatic heterocycles. The van der Waals surface area contributed by atoms with Crippen LogP contribution in [0.25, 0.3) is 0 Å². The van der Waals surface area contributed by atoms with Crippen LogP contribution in [0.1, 0.15) is 52.9 Å². The molecule has 0 radical (unpaired) electrons. The number of aliphatic hydroxyl groups is 1. The molecule has 1 saturated carbocycles. The summed E-state index contributed by atoms with van der Waals surface area (Å²) in [6.45, 7) is 5.43. The molecule has 0 aromatic carbocycles. The topological polar surface area (TPSA) is 57.5 Å². The van der Waals surface area contributed by atoms with E-state index in [2.05, 4.69) is 6.92 Å². The van der Waals surface area contributed by atoms with E-state index in [9.17, 15) is 9.90 Å². The van der Waals surface area contributed by atoms with Gasteiger partial charge in [0.2, 0.25) is 0 Å². The Hall–Kier alpha value is -0.570. The molecule has 15 heavy (non-hydrogen) atoms. The average molecular weight is 214 g/mol. The molecule has 2 N–H and O–H groups in total. The lowest BCUT2D eigenvalue weighted by molar-refractivity contribution is -0.166. The summed E-state index contributed by atoms with van der Waals surface area (Å²) in [6.07, 6.45) is 4.16. The molecule has 0 bridgehead atoms. The van der Waals surface area contributed by atoms with Crippen LogP contribution in [-0.4, -0.2) is 21.8 Å². The van der Waals surface area contributed by atoms with Gasteiger partial charge in [0.05, 0.1) is 11.0 Å². The minimum atomic E-state index is -1.04. The number of rotatable bonds is 2. The lowest BCUT2D eigenvalue weighted by atomic mass is 9.70. The van der Waals surface area contributed by atoms with E-state index < -0.39 is 17.0 Å². The second-order valence-electron chi connectivity index (χ2n) is 5.50. The average Bonchev–Trinajstić information content (AvgIpc) is 2.29. The highest BCUT2D eigenvalue weighted by Gasteiger charge is 2.48. The van der Waals surface area contributed by atoms with Crippen molar-refractivity contribution in [3.05, 3.63) is 0 Å². The molecule has 0 heterocycles. The van der Waals surface area contributed by atoms with Crippen LogP contribution in [0.3, 0.4) is 0 Å². The number of hydrogen-bond donors (Lipinski definition) is 2. The molecule has 1 aliphatic rings. The Morgan fingerprint density at radius 2 is 1.93 bits per heavy atom. The minimum Gasteiger partial charge on any atom is -0.481 e. The van der Waals surface area contributed by atoms with E-state index in [1.165, 1.54) is 0 Å². The van der Waals surface area contributed by atoms with Crippen LogP contribution in [0, 0.1) is 11.3 Å². The summed E-state index contributed by atoms with van der Waals surface area (Å²) in [7, 11) is 0. The Bertz CT molecular complexity index is 247. The van der Waals surface area contributed by atoms with Crippen molar-refractivity contribution in [2.24, 2.45) is 11.3 Å². The monoisotopic (exact) mass is 214 g/mol. The van der Waals surface area contributed by atoms with Gasteiger partial charge in [-0.2, -0.15) is 0 Å². The van der Waals surface area contributed by atoms with Gasteiger partial charge in [-0.1, -0.05) is 19.8 Å². The van der Waals surface area contributed by atoms with Crippen molar-refractivity contribution in [3.8, 4) is 0 Å². The first-order chi connectivity index (χ1) is 6.79. The highest BCUT2D eigenvalue weighted by Crippen LogP contribution is 2.42. The Kier molecular flexibility index (Phi) is 3.44. The Balaban J connectivity index is 2.85. The van der Waals surface area contributed by atoms with Crippen LogP contribution in [-0.2, 0) is 4.79 Å². The molecular formula is C12H22O3. The fourth-order valence-electron chi connectivity index (χ4n) is 2.32. The van der Waals surface area contributed by atoms with Crippen LogP contribution in [0.2, 0.25) is 0 Å². The molecule has 0 spiro atoms. The second-order valence-corrected chi connectivity index (χ2v) is 5.50. The lowest BCUT2D eigenvalue weighted by Crippen LogP contribution is -2.49. The number of hydrogen-bond acceptors (Lipinski definition) is 2. The third-order valence-electron chi connectivity index (χ3n) is 4.04. The van der Waals surface area contributed by atoms with Crippen molar-refractivity contribution in [1.29, 1.82) is 0 Å². The molecule has 1 fully saturated rings. The summed E-state index contributed by atoms with van der Waals surface area (Å²) in [5.41, 5.74) is -2.08. The smallest absolute Gasteiger partial charge is 0.312 e. The third kappa shape index (κ3) is 2.33. The van der Waals surface area contributed by atoms with Crippen LogP contribution in [0.5, 0.6) is 0 Å². The fraction of sp³-hybridized carbons (Fsp3) is 0.917. The highest BCUT2D eigenvalue weighted by atomic mass is 16.4. The molecule has 3 heteroatoms. The van der Waals surface area contributed by atoms with Gasteiger partial charge < -0.3 is 10.2 Å². The van der Waals surface area contributed by atoms with E-state index in [-0.39, 0.29) is 0 Å². The van der Waals surface area contributed by atoms with Crippen LogP contribution in [0.15, 0.2) is 0 Å². The summed E-state index contributed by atoms with van der Waals surface area (Å²) in [6, 6.07) is 0. The van der Waals surface area contributed by atoms with Gasteiger partial charge in [0.15, 0.2) is 0 Å². The van der Waals surface area contributed by atoms with Gasteiger partial charge in [0, 0.05) is 0 Å². The van der Waals surface area contributed by atoms with Gasteiger partial charge in [-0.25, -0.2) is 0 Å². The molecule has 1 rings (SSSR count). The fourth-order valence-corrected chi connectivity index (χ4v) is 2.32. The zero-order chi connectivity index (χ0) is 11.7. The Morgan fingerprint density at radius 3 is 2.47 bits per heavy atom. The van der Waals surface area contributed by atoms with Gasteiger partial charge in [-0.3, -0.25) is 4.79 Å². The van der Waals surface area contributed by atoms with Crippen molar-refractivity contribution in [3.63, 3.8) is 0 Å². The maximum atomic E-state index is 11.2. The van der Waals surface area contributed by atoms with Crippen molar-refractivity contribution < 1.29 is 15.0 Å². The zero-order valence-corrected chi connectivity index (χ0v) is 9.92. The standard InChI is InChI=1S/C12H22O3/c1-9-5-4-7-12(15,8-6-9)11(2,3)10(13)14/h9,15H,4-8H2,1-3H3,(H,13,14). The Morgan fingerprint density at radius 1 is 1.33 bits per heavy atom. The van der Waals surface area contributed by atoms with Crippen molar-refractivity contribution in [2.45, 2.75) is 58.5 Å². The first kappa shape index (κ1) is 12.5. The summed E-state index contributed by atoms with van der Waals surface area (Å²) in [4.78, 5) is 11.2. The van der Waals surface area contributed by atoms with Gasteiger partial charge in [0.1, 0.15) is 0 Å². The lowest BCUT2D eigenvalue weighted by Gasteiger charge is -2.39. The van der Waals surface area contributed by atoms with Crippen LogP contribution in [0.4, 0.5) is 0 Å². The molecule has 0 aromatic heterocycles. The third-order valence-corrected chi connectivity index (χ3v) is 4.04. The highest BCUT2D eigenvalue weighted by molar-refractivity contribution is 5.75. The van der Waals surface area contributed by atoms with E-state index in [4.69, 9.17) is 5.11 Å². The van der Waals surface area contributed by atoms with Gasteiger partial charge in [-0.05, 0) is 39.0 Å². The normalized spacial score (nSPS) is 33.5. The summed E-state index contributed by atoms with van der Waals surface area (Å²) < 4.78 is 0. The van der Waals surface area contributed by atoms with Gasteiger partial charge in [-0.15, -0.1) is 0 Å². The number of aliphatic carboxylic acids is 1. The number of carbonyl (C=O) groups is 1. The maximum absolute atomic E-state index is 11.2. The quantitative estimate of drug-likeness (QED) is 0.694. The molecule has 2 atom stereocenters. The van der Waals surface area contributed by atoms with Gasteiger partial charge >= 0.3 is 5.97 Å². The van der Waals surface area contributed by atoms with Crippen molar-refractivity contribution in [1.82, 2.24) is 0 Å². The molecular weight excluding hydrogens is 192 g/mol. The predicted molar refractivity (Wildman–Crippen MR) is 58.6 cm³/mol. The summed E-state index contributed by atoms with van der Waals surface area (Å²) >= 11 is 0. The van der Waals surface area contributed by atoms with Gasteiger partial charge in [0.25, 0.3) is 0 Å². The SMILES string of the molecule is CC1CCCC(O)(C(C)(C)C(=O)O)CC1. The second kappa shape index (κ2) is 4.12. The molecule has 3 nitrogen and oxygen atoms in total. The molecule has 2 unspecified atom stereocenters. The van der Waals surface area contributed by atoms with E-state index in [1.807, 2.05) is 0 Å². The molecule has 0 saturated heterocycles. The number of carboxylic acid groups (broad SMARTS) is 1. The Labute approximate surface area is 91.5 Å². The first-order valence-corrected chi connectivity index (χ1v) is 5.75. The van der Waals surface area contributed by atoms with Crippen LogP contribution < -0.4 is 0 Å². The molecule has 0 amide bonds. The van der Waals surface area contributed by atoms with Crippen LogP contribution >= 0.6 is 0 Å². The number of carboxylic acids is 1. The molecule has 1 aliphatic carbocycles. The van der Waals surface area contributed by atoms with E-state index in [0.29, 0.717) is 18.8 Å². The van der Waals surface area contributed by atoms with Crippen molar-refractivity contribution >= 4 is 5.97 Å². The molecule has 0 aromatic rings. The van der Waals surface area contributed by atoms with E-state index in [0.717, 1.165) is 19.3 Å². The predicted octanol–water partition coefficient (Wildman–Crippen LogP) is 2.43. The van der Waals surface area contributed by atoms with E-state index >= 15 is 0 Å². The minimum absolute atomic E-state index is 0.601. The van der Waals surface area contributed by atoms with E-state index in [1.54, 1.807) is 13.8 Å². The summed E-state index contributed by atoms with van der Waals surface area (Å²) in [5, 5.41) is 19.6. The maximum Gasteiger partial charge on any atom is 0.312 e.